The Morgan fingerprint density at radius 3 is 2.70 bits per heavy atom. The summed E-state index contributed by atoms with van der Waals surface area (Å²) in [5.74, 6) is -0.275. The van der Waals surface area contributed by atoms with Gasteiger partial charge in [-0.1, -0.05) is 35.9 Å². The number of nitrogens with one attached hydrogen (secondary N) is 1. The summed E-state index contributed by atoms with van der Waals surface area (Å²) in [6.45, 7) is 4.31. The van der Waals surface area contributed by atoms with Crippen molar-refractivity contribution in [2.75, 3.05) is 36.5 Å². The molecule has 1 N–H and O–H groups in total. The van der Waals surface area contributed by atoms with E-state index in [1.807, 2.05) is 42.5 Å². The molecule has 0 unspecified atom stereocenters. The van der Waals surface area contributed by atoms with E-state index in [-0.39, 0.29) is 24.3 Å². The number of morpholine rings is 1. The van der Waals surface area contributed by atoms with Gasteiger partial charge in [-0.05, 0) is 35.4 Å². The molecule has 0 aliphatic carbocycles. The van der Waals surface area contributed by atoms with E-state index in [1.165, 1.54) is 6.92 Å². The molecule has 30 heavy (non-hydrogen) atoms. The van der Waals surface area contributed by atoms with Crippen molar-refractivity contribution in [1.82, 2.24) is 4.90 Å². The van der Waals surface area contributed by atoms with Crippen molar-refractivity contribution < 1.29 is 14.3 Å². The van der Waals surface area contributed by atoms with Gasteiger partial charge in [0.1, 0.15) is 0 Å². The van der Waals surface area contributed by atoms with Crippen LogP contribution < -0.4 is 10.2 Å². The van der Waals surface area contributed by atoms with Crippen LogP contribution in [0.15, 0.2) is 48.7 Å². The highest BCUT2D eigenvalue weighted by Crippen LogP contribution is 2.34. The van der Waals surface area contributed by atoms with Gasteiger partial charge in [-0.3, -0.25) is 9.59 Å². The SMILES string of the molecule is CC(=O)N1C=Cc2ccccc2[C@H]1CC(=O)Nc1cc(Cl)ccc1N1CCOCC1. The van der Waals surface area contributed by atoms with Crippen molar-refractivity contribution in [3.05, 3.63) is 64.8 Å². The predicted octanol–water partition coefficient (Wildman–Crippen LogP) is 4.08. The Hall–Kier alpha value is -2.83. The highest BCUT2D eigenvalue weighted by atomic mass is 35.5. The van der Waals surface area contributed by atoms with Crippen LogP contribution in [0, 0.1) is 0 Å². The molecule has 7 heteroatoms. The molecule has 6 nitrogen and oxygen atoms in total. The minimum atomic E-state index is -0.352. The summed E-state index contributed by atoms with van der Waals surface area (Å²) in [7, 11) is 0. The maximum absolute atomic E-state index is 13.0. The van der Waals surface area contributed by atoms with Crippen molar-refractivity contribution >= 4 is 40.9 Å². The standard InChI is InChI=1S/C23H24ClN3O3/c1-16(28)27-9-8-17-4-2-3-5-19(17)22(27)15-23(29)25-20-14-18(24)6-7-21(20)26-10-12-30-13-11-26/h2-9,14,22H,10-13,15H2,1H3,(H,25,29)/t22-/m1/s1. The zero-order chi connectivity index (χ0) is 21.1. The summed E-state index contributed by atoms with van der Waals surface area (Å²) in [5.41, 5.74) is 3.57. The molecule has 0 spiro atoms. The quantitative estimate of drug-likeness (QED) is 0.801. The minimum absolute atomic E-state index is 0.102. The molecule has 2 aliphatic rings. The van der Waals surface area contributed by atoms with Crippen LogP contribution in [0.1, 0.15) is 30.5 Å². The lowest BCUT2D eigenvalue weighted by Gasteiger charge is -2.33. The van der Waals surface area contributed by atoms with Gasteiger partial charge in [0.05, 0.1) is 37.1 Å². The molecule has 2 aliphatic heterocycles. The lowest BCUT2D eigenvalue weighted by Crippen LogP contribution is -2.37. The van der Waals surface area contributed by atoms with Gasteiger partial charge in [-0.15, -0.1) is 0 Å². The molecule has 2 aromatic rings. The second-order valence-electron chi connectivity index (χ2n) is 7.40. The maximum Gasteiger partial charge on any atom is 0.226 e. The number of carbonyl (C=O) groups excluding carboxylic acids is 2. The summed E-state index contributed by atoms with van der Waals surface area (Å²) in [4.78, 5) is 29.0. The first-order chi connectivity index (χ1) is 14.5. The molecule has 2 amide bonds. The molecular formula is C23H24ClN3O3. The second kappa shape index (κ2) is 8.90. The predicted molar refractivity (Wildman–Crippen MR) is 118 cm³/mol. The Morgan fingerprint density at radius 2 is 1.93 bits per heavy atom. The van der Waals surface area contributed by atoms with Crippen molar-refractivity contribution in [3.8, 4) is 0 Å². The number of nitrogens with zero attached hydrogens (tertiary/aromatic N) is 2. The number of fused-ring (bicyclic) bond motifs is 1. The van der Waals surface area contributed by atoms with Crippen LogP contribution in [-0.4, -0.2) is 43.0 Å². The molecule has 0 bridgehead atoms. The first kappa shape index (κ1) is 20.4. The lowest BCUT2D eigenvalue weighted by molar-refractivity contribution is -0.129. The molecule has 2 aromatic carbocycles. The first-order valence-corrected chi connectivity index (χ1v) is 10.4. The topological polar surface area (TPSA) is 61.9 Å². The number of hydrogen-bond donors (Lipinski definition) is 1. The van der Waals surface area contributed by atoms with Crippen LogP contribution in [0.2, 0.25) is 5.02 Å². The third-order valence-electron chi connectivity index (χ3n) is 5.43. The number of amides is 2. The molecule has 2 heterocycles. The van der Waals surface area contributed by atoms with Crippen LogP contribution in [-0.2, 0) is 14.3 Å². The van der Waals surface area contributed by atoms with Gasteiger partial charge in [0, 0.05) is 31.2 Å². The highest BCUT2D eigenvalue weighted by molar-refractivity contribution is 6.31. The second-order valence-corrected chi connectivity index (χ2v) is 7.84. The number of hydrogen-bond acceptors (Lipinski definition) is 4. The number of carbonyl (C=O) groups is 2. The van der Waals surface area contributed by atoms with Gasteiger partial charge in [-0.25, -0.2) is 0 Å². The molecule has 0 saturated carbocycles. The molecule has 0 radical (unpaired) electrons. The van der Waals surface area contributed by atoms with Crippen LogP contribution in [0.3, 0.4) is 0 Å². The van der Waals surface area contributed by atoms with Gasteiger partial charge in [0.25, 0.3) is 0 Å². The summed E-state index contributed by atoms with van der Waals surface area (Å²) in [6, 6.07) is 13.0. The van der Waals surface area contributed by atoms with E-state index in [4.69, 9.17) is 16.3 Å². The van der Waals surface area contributed by atoms with Gasteiger partial charge in [0.2, 0.25) is 11.8 Å². The fourth-order valence-corrected chi connectivity index (χ4v) is 4.15. The van der Waals surface area contributed by atoms with Crippen molar-refractivity contribution in [2.24, 2.45) is 0 Å². The van der Waals surface area contributed by atoms with Gasteiger partial charge >= 0.3 is 0 Å². The van der Waals surface area contributed by atoms with E-state index in [0.29, 0.717) is 23.9 Å². The number of ether oxygens (including phenoxy) is 1. The number of rotatable bonds is 4. The summed E-state index contributed by atoms with van der Waals surface area (Å²) in [6.07, 6.45) is 3.80. The third kappa shape index (κ3) is 4.35. The van der Waals surface area contributed by atoms with Crippen LogP contribution in [0.5, 0.6) is 0 Å². The van der Waals surface area contributed by atoms with Crippen LogP contribution in [0.25, 0.3) is 6.08 Å². The van der Waals surface area contributed by atoms with Crippen LogP contribution >= 0.6 is 11.6 Å². The van der Waals surface area contributed by atoms with Crippen molar-refractivity contribution in [2.45, 2.75) is 19.4 Å². The molecule has 1 fully saturated rings. The van der Waals surface area contributed by atoms with Crippen molar-refractivity contribution in [1.29, 1.82) is 0 Å². The zero-order valence-electron chi connectivity index (χ0n) is 16.8. The van der Waals surface area contributed by atoms with Crippen molar-refractivity contribution in [3.63, 3.8) is 0 Å². The number of benzene rings is 2. The Morgan fingerprint density at radius 1 is 1.17 bits per heavy atom. The monoisotopic (exact) mass is 425 g/mol. The molecular weight excluding hydrogens is 402 g/mol. The first-order valence-electron chi connectivity index (χ1n) is 10.0. The summed E-state index contributed by atoms with van der Waals surface area (Å²) >= 11 is 6.21. The Kier molecular flexibility index (Phi) is 6.06. The summed E-state index contributed by atoms with van der Waals surface area (Å²) in [5, 5.41) is 3.57. The molecule has 1 atom stereocenters. The Balaban J connectivity index is 1.56. The zero-order valence-corrected chi connectivity index (χ0v) is 17.6. The molecule has 0 aromatic heterocycles. The average molecular weight is 426 g/mol. The molecule has 156 valence electrons. The van der Waals surface area contributed by atoms with Crippen LogP contribution in [0.4, 0.5) is 11.4 Å². The van der Waals surface area contributed by atoms with Gasteiger partial charge in [-0.2, -0.15) is 0 Å². The lowest BCUT2D eigenvalue weighted by atomic mass is 9.93. The number of halogens is 1. The fourth-order valence-electron chi connectivity index (χ4n) is 3.98. The fraction of sp³-hybridized carbons (Fsp3) is 0.304. The van der Waals surface area contributed by atoms with E-state index in [0.717, 1.165) is 29.9 Å². The van der Waals surface area contributed by atoms with E-state index in [2.05, 4.69) is 10.2 Å². The number of anilines is 2. The van der Waals surface area contributed by atoms with E-state index < -0.39 is 0 Å². The third-order valence-corrected chi connectivity index (χ3v) is 5.67. The Bertz CT molecular complexity index is 985. The van der Waals surface area contributed by atoms with Gasteiger partial charge < -0.3 is 19.9 Å². The summed E-state index contributed by atoms with van der Waals surface area (Å²) < 4.78 is 5.43. The van der Waals surface area contributed by atoms with Gasteiger partial charge in [0.15, 0.2) is 0 Å². The average Bonchev–Trinajstić information content (AvgIpc) is 2.74. The molecule has 1 saturated heterocycles. The Labute approximate surface area is 181 Å². The normalized spacial score (nSPS) is 18.1. The largest absolute Gasteiger partial charge is 0.378 e. The smallest absolute Gasteiger partial charge is 0.226 e. The van der Waals surface area contributed by atoms with E-state index in [1.54, 1.807) is 17.2 Å². The van der Waals surface area contributed by atoms with E-state index in [9.17, 15) is 9.59 Å². The van der Waals surface area contributed by atoms with E-state index >= 15 is 0 Å². The maximum atomic E-state index is 13.0. The minimum Gasteiger partial charge on any atom is -0.378 e. The molecule has 4 rings (SSSR count). The highest BCUT2D eigenvalue weighted by Gasteiger charge is 2.28.